The Morgan fingerprint density at radius 3 is 2.53 bits per heavy atom. The number of hydrogen-bond acceptors (Lipinski definition) is 5. The molecule has 6 heteroatoms. The summed E-state index contributed by atoms with van der Waals surface area (Å²) in [6.45, 7) is 6.74. The van der Waals surface area contributed by atoms with Gasteiger partial charge in [0.25, 0.3) is 0 Å². The van der Waals surface area contributed by atoms with Gasteiger partial charge in [-0.3, -0.25) is 14.6 Å². The highest BCUT2D eigenvalue weighted by atomic mass is 16.2. The number of carbonyl (C=O) groups excluding carboxylic acids is 2. The molecule has 0 N–H and O–H groups in total. The number of rotatable bonds is 5. The van der Waals surface area contributed by atoms with Crippen LogP contribution >= 0.6 is 0 Å². The summed E-state index contributed by atoms with van der Waals surface area (Å²) in [5.74, 6) is 0.798. The average Bonchev–Trinajstić information content (AvgIpc) is 3.07. The molecular weight excluding hydrogens is 400 g/mol. The van der Waals surface area contributed by atoms with Crippen LogP contribution in [0.2, 0.25) is 0 Å². The van der Waals surface area contributed by atoms with E-state index >= 15 is 0 Å². The van der Waals surface area contributed by atoms with Gasteiger partial charge >= 0.3 is 0 Å². The van der Waals surface area contributed by atoms with Crippen LogP contribution in [0.25, 0.3) is 0 Å². The van der Waals surface area contributed by atoms with Crippen LogP contribution in [0.3, 0.4) is 0 Å². The van der Waals surface area contributed by atoms with Crippen molar-refractivity contribution < 1.29 is 11.0 Å². The van der Waals surface area contributed by atoms with Crippen molar-refractivity contribution in [2.45, 2.75) is 26.7 Å². The van der Waals surface area contributed by atoms with E-state index in [4.69, 9.17) is 0 Å². The molecule has 0 radical (unpaired) electrons. The molecule has 32 heavy (non-hydrogen) atoms. The molecule has 1 fully saturated rings. The first-order valence-corrected chi connectivity index (χ1v) is 11.0. The number of hydrogen-bond donors (Lipinski definition) is 0. The fourth-order valence-electron chi connectivity index (χ4n) is 3.98. The highest BCUT2D eigenvalue weighted by molar-refractivity contribution is 6.08. The van der Waals surface area contributed by atoms with Crippen LogP contribution in [-0.2, 0) is 11.2 Å². The Morgan fingerprint density at radius 2 is 1.75 bits per heavy atom. The first kappa shape index (κ1) is 21.7. The Morgan fingerprint density at radius 1 is 0.938 bits per heavy atom. The third-order valence-corrected chi connectivity index (χ3v) is 5.87. The molecule has 1 aliphatic heterocycles. The molecule has 166 valence electrons. The Bertz CT molecular complexity index is 1120. The lowest BCUT2D eigenvalue weighted by molar-refractivity contribution is -0.130. The van der Waals surface area contributed by atoms with Crippen molar-refractivity contribution in [3.63, 3.8) is 0 Å². The SMILES string of the molecule is Cc1ccc(CC(=O)N2CCCN(c3cccc(C(=O)c4cccnc4C)n3)CC2)cc1.[HH]. The maximum absolute atomic E-state index is 12.9. The number of aryl methyl sites for hydroxylation is 2. The van der Waals surface area contributed by atoms with Crippen molar-refractivity contribution in [3.8, 4) is 0 Å². The van der Waals surface area contributed by atoms with Crippen LogP contribution in [0.1, 0.15) is 40.7 Å². The maximum atomic E-state index is 12.9. The van der Waals surface area contributed by atoms with Crippen molar-refractivity contribution in [2.75, 3.05) is 31.1 Å². The van der Waals surface area contributed by atoms with Crippen molar-refractivity contribution in [3.05, 3.63) is 88.9 Å². The van der Waals surface area contributed by atoms with Crippen LogP contribution in [0.4, 0.5) is 5.82 Å². The fraction of sp³-hybridized carbons (Fsp3) is 0.308. The minimum atomic E-state index is -0.123. The van der Waals surface area contributed by atoms with Gasteiger partial charge in [0, 0.05) is 45.1 Å². The minimum Gasteiger partial charge on any atom is -0.355 e. The first-order valence-electron chi connectivity index (χ1n) is 11.0. The molecule has 1 aliphatic rings. The fourth-order valence-corrected chi connectivity index (χ4v) is 3.98. The monoisotopic (exact) mass is 430 g/mol. The van der Waals surface area contributed by atoms with Gasteiger partial charge < -0.3 is 9.80 Å². The number of amides is 1. The Kier molecular flexibility index (Phi) is 6.59. The van der Waals surface area contributed by atoms with Gasteiger partial charge in [0.05, 0.1) is 6.42 Å². The third-order valence-electron chi connectivity index (χ3n) is 5.87. The number of carbonyl (C=O) groups is 2. The number of ketones is 1. The first-order chi connectivity index (χ1) is 15.5. The lowest BCUT2D eigenvalue weighted by Crippen LogP contribution is -2.36. The lowest BCUT2D eigenvalue weighted by atomic mass is 10.1. The topological polar surface area (TPSA) is 66.4 Å². The highest BCUT2D eigenvalue weighted by Gasteiger charge is 2.21. The van der Waals surface area contributed by atoms with Gasteiger partial charge in [0.15, 0.2) is 0 Å². The number of benzene rings is 1. The summed E-state index contributed by atoms with van der Waals surface area (Å²) in [5, 5.41) is 0. The summed E-state index contributed by atoms with van der Waals surface area (Å²) >= 11 is 0. The molecule has 0 aliphatic carbocycles. The number of pyridine rings is 2. The van der Waals surface area contributed by atoms with E-state index in [9.17, 15) is 9.59 Å². The summed E-state index contributed by atoms with van der Waals surface area (Å²) in [7, 11) is 0. The van der Waals surface area contributed by atoms with E-state index < -0.39 is 0 Å². The molecular formula is C26H30N4O2. The average molecular weight is 431 g/mol. The molecule has 6 nitrogen and oxygen atoms in total. The smallest absolute Gasteiger partial charge is 0.227 e. The molecule has 3 heterocycles. The van der Waals surface area contributed by atoms with E-state index in [1.54, 1.807) is 24.4 Å². The normalized spacial score (nSPS) is 14.2. The quantitative estimate of drug-likeness (QED) is 0.575. The van der Waals surface area contributed by atoms with E-state index in [1.807, 2.05) is 55.1 Å². The van der Waals surface area contributed by atoms with Crippen molar-refractivity contribution in [1.82, 2.24) is 14.9 Å². The maximum Gasteiger partial charge on any atom is 0.227 e. The third kappa shape index (κ3) is 5.02. The van der Waals surface area contributed by atoms with E-state index in [2.05, 4.69) is 14.9 Å². The molecule has 1 saturated heterocycles. The van der Waals surface area contributed by atoms with Gasteiger partial charge in [-0.2, -0.15) is 0 Å². The van der Waals surface area contributed by atoms with Gasteiger partial charge in [0.1, 0.15) is 11.5 Å². The number of aromatic nitrogens is 2. The van der Waals surface area contributed by atoms with E-state index in [-0.39, 0.29) is 13.1 Å². The van der Waals surface area contributed by atoms with Crippen LogP contribution in [0.5, 0.6) is 0 Å². The van der Waals surface area contributed by atoms with Gasteiger partial charge in [-0.05, 0) is 50.1 Å². The molecule has 0 atom stereocenters. The van der Waals surface area contributed by atoms with E-state index in [0.717, 1.165) is 30.9 Å². The number of anilines is 1. The van der Waals surface area contributed by atoms with Gasteiger partial charge in [0.2, 0.25) is 11.7 Å². The molecule has 0 spiro atoms. The molecule has 1 amide bonds. The van der Waals surface area contributed by atoms with Gasteiger partial charge in [-0.15, -0.1) is 0 Å². The second kappa shape index (κ2) is 9.73. The second-order valence-electron chi connectivity index (χ2n) is 8.23. The summed E-state index contributed by atoms with van der Waals surface area (Å²) in [4.78, 5) is 38.7. The van der Waals surface area contributed by atoms with Crippen molar-refractivity contribution >= 4 is 17.5 Å². The van der Waals surface area contributed by atoms with Gasteiger partial charge in [-0.1, -0.05) is 35.9 Å². The summed E-state index contributed by atoms with van der Waals surface area (Å²) in [6.07, 6.45) is 2.97. The lowest BCUT2D eigenvalue weighted by Gasteiger charge is -2.23. The standard InChI is InChI=1S/C26H28N4O2.H2/c1-19-9-11-21(12-10-19)18-25(31)30-15-5-14-29(16-17-30)24-8-3-7-23(28-24)26(32)22-6-4-13-27-20(22)2;/h3-4,6-13H,5,14-18H2,1-2H3;1H. The zero-order valence-corrected chi connectivity index (χ0v) is 18.6. The van der Waals surface area contributed by atoms with Crippen LogP contribution in [0, 0.1) is 13.8 Å². The Balaban J connectivity index is 0.00000306. The van der Waals surface area contributed by atoms with Crippen LogP contribution in [0.15, 0.2) is 60.8 Å². The molecule has 0 saturated carbocycles. The Labute approximate surface area is 190 Å². The number of nitrogens with zero attached hydrogens (tertiary/aromatic N) is 4. The van der Waals surface area contributed by atoms with Crippen molar-refractivity contribution in [1.29, 1.82) is 0 Å². The second-order valence-corrected chi connectivity index (χ2v) is 8.23. The molecule has 3 aromatic rings. The van der Waals surface area contributed by atoms with Gasteiger partial charge in [-0.25, -0.2) is 4.98 Å². The highest BCUT2D eigenvalue weighted by Crippen LogP contribution is 2.18. The predicted octanol–water partition coefficient (Wildman–Crippen LogP) is 3.85. The zero-order valence-electron chi connectivity index (χ0n) is 18.6. The molecule has 0 bridgehead atoms. The van der Waals surface area contributed by atoms with E-state index in [0.29, 0.717) is 36.5 Å². The molecule has 1 aromatic carbocycles. The minimum absolute atomic E-state index is 0. The predicted molar refractivity (Wildman–Crippen MR) is 127 cm³/mol. The van der Waals surface area contributed by atoms with Crippen LogP contribution in [-0.4, -0.2) is 52.7 Å². The molecule has 4 rings (SSSR count). The van der Waals surface area contributed by atoms with Crippen LogP contribution < -0.4 is 4.90 Å². The van der Waals surface area contributed by atoms with Crippen molar-refractivity contribution in [2.24, 2.45) is 0 Å². The Hall–Kier alpha value is -3.54. The summed E-state index contributed by atoms with van der Waals surface area (Å²) in [5.41, 5.74) is 3.91. The summed E-state index contributed by atoms with van der Waals surface area (Å²) in [6, 6.07) is 17.2. The zero-order chi connectivity index (χ0) is 22.5. The largest absolute Gasteiger partial charge is 0.355 e. The molecule has 0 unspecified atom stereocenters. The van der Waals surface area contributed by atoms with E-state index in [1.165, 1.54) is 5.56 Å². The molecule has 2 aromatic heterocycles. The summed E-state index contributed by atoms with van der Waals surface area (Å²) < 4.78 is 0.